The Hall–Kier alpha value is -3.28. The van der Waals surface area contributed by atoms with E-state index in [4.69, 9.17) is 4.74 Å². The summed E-state index contributed by atoms with van der Waals surface area (Å²) in [5.41, 5.74) is 3.74. The number of carbonyl (C=O) groups is 2. The van der Waals surface area contributed by atoms with Gasteiger partial charge in [-0.2, -0.15) is 0 Å². The first-order valence-electron chi connectivity index (χ1n) is 9.33. The highest BCUT2D eigenvalue weighted by molar-refractivity contribution is 5.87. The number of nitrogens with zero attached hydrogens (tertiary/aromatic N) is 1. The molecular weight excluding hydrogens is 356 g/mol. The number of aliphatic carboxylic acids is 1. The molecule has 0 aliphatic carbocycles. The van der Waals surface area contributed by atoms with Crippen LogP contribution in [0.25, 0.3) is 10.9 Å². The fourth-order valence-corrected chi connectivity index (χ4v) is 3.78. The van der Waals surface area contributed by atoms with Gasteiger partial charge in [0.25, 0.3) is 0 Å². The van der Waals surface area contributed by atoms with Crippen LogP contribution in [-0.4, -0.2) is 28.2 Å². The summed E-state index contributed by atoms with van der Waals surface area (Å²) in [4.78, 5) is 24.2. The van der Waals surface area contributed by atoms with Crippen molar-refractivity contribution in [2.75, 3.05) is 6.61 Å². The number of carbonyl (C=O) groups excluding carboxylic acids is 1. The average molecular weight is 378 g/mol. The first-order valence-corrected chi connectivity index (χ1v) is 9.33. The lowest BCUT2D eigenvalue weighted by Gasteiger charge is -2.16. The van der Waals surface area contributed by atoms with Gasteiger partial charge in [0.15, 0.2) is 6.04 Å². The zero-order valence-electron chi connectivity index (χ0n) is 15.6. The molecule has 0 spiro atoms. The molecule has 2 heterocycles. The number of hydrogen-bond acceptors (Lipinski definition) is 3. The molecule has 144 valence electrons. The SMILES string of the molecule is Cn1cc(CCC(=O)NC(C(=O)O)c2ccc3c(c2)CCO3)c2ccccc21. The molecule has 1 aliphatic rings. The van der Waals surface area contributed by atoms with Gasteiger partial charge in [-0.1, -0.05) is 24.3 Å². The largest absolute Gasteiger partial charge is 0.493 e. The smallest absolute Gasteiger partial charge is 0.330 e. The quantitative estimate of drug-likeness (QED) is 0.691. The molecule has 3 aromatic rings. The van der Waals surface area contributed by atoms with Gasteiger partial charge >= 0.3 is 5.97 Å². The summed E-state index contributed by atoms with van der Waals surface area (Å²) in [5, 5.41) is 13.4. The molecule has 28 heavy (non-hydrogen) atoms. The maximum atomic E-state index is 12.5. The molecule has 0 bridgehead atoms. The number of amides is 1. The Kier molecular flexibility index (Phi) is 4.77. The molecular formula is C22H22N2O4. The molecule has 0 saturated carbocycles. The third-order valence-electron chi connectivity index (χ3n) is 5.20. The first kappa shape index (κ1) is 18.1. The summed E-state index contributed by atoms with van der Waals surface area (Å²) in [7, 11) is 1.98. The molecule has 4 rings (SSSR count). The minimum atomic E-state index is -1.07. The highest BCUT2D eigenvalue weighted by atomic mass is 16.5. The molecule has 1 aliphatic heterocycles. The number of benzene rings is 2. The highest BCUT2D eigenvalue weighted by Gasteiger charge is 2.24. The van der Waals surface area contributed by atoms with Gasteiger partial charge in [-0.05, 0) is 41.3 Å². The van der Waals surface area contributed by atoms with Crippen LogP contribution < -0.4 is 10.1 Å². The molecule has 1 atom stereocenters. The number of rotatable bonds is 6. The van der Waals surface area contributed by atoms with Gasteiger partial charge in [-0.15, -0.1) is 0 Å². The molecule has 6 heteroatoms. The molecule has 0 radical (unpaired) electrons. The van der Waals surface area contributed by atoms with E-state index in [-0.39, 0.29) is 12.3 Å². The molecule has 0 saturated heterocycles. The number of ether oxygens (including phenoxy) is 1. The van der Waals surface area contributed by atoms with Crippen LogP contribution in [0, 0.1) is 0 Å². The summed E-state index contributed by atoms with van der Waals surface area (Å²) >= 11 is 0. The maximum Gasteiger partial charge on any atom is 0.330 e. The van der Waals surface area contributed by atoms with Gasteiger partial charge in [0.2, 0.25) is 5.91 Å². The Morgan fingerprint density at radius 1 is 1.25 bits per heavy atom. The summed E-state index contributed by atoms with van der Waals surface area (Å²) in [6, 6.07) is 12.3. The summed E-state index contributed by atoms with van der Waals surface area (Å²) in [5.74, 6) is -0.565. The van der Waals surface area contributed by atoms with Crippen molar-refractivity contribution in [1.29, 1.82) is 0 Å². The third kappa shape index (κ3) is 3.45. The van der Waals surface area contributed by atoms with Gasteiger partial charge in [0, 0.05) is 37.0 Å². The minimum Gasteiger partial charge on any atom is -0.493 e. The van der Waals surface area contributed by atoms with Crippen molar-refractivity contribution < 1.29 is 19.4 Å². The number of carboxylic acid groups (broad SMARTS) is 1. The van der Waals surface area contributed by atoms with Gasteiger partial charge in [-0.3, -0.25) is 4.79 Å². The molecule has 2 N–H and O–H groups in total. The monoisotopic (exact) mass is 378 g/mol. The Morgan fingerprint density at radius 2 is 2.07 bits per heavy atom. The standard InChI is InChI=1S/C22H22N2O4/c1-24-13-16(17-4-2-3-5-18(17)24)7-9-20(25)23-21(22(26)27)15-6-8-19-14(12-15)10-11-28-19/h2-6,8,12-13,21H,7,9-11H2,1H3,(H,23,25)(H,26,27). The molecule has 0 fully saturated rings. The van der Waals surface area contributed by atoms with E-state index in [0.717, 1.165) is 34.2 Å². The van der Waals surface area contributed by atoms with Crippen molar-refractivity contribution in [3.63, 3.8) is 0 Å². The number of hydrogen-bond donors (Lipinski definition) is 2. The Bertz CT molecular complexity index is 1050. The van der Waals surface area contributed by atoms with E-state index in [1.54, 1.807) is 12.1 Å². The van der Waals surface area contributed by atoms with Crippen LogP contribution in [0.2, 0.25) is 0 Å². The Labute approximate surface area is 162 Å². The van der Waals surface area contributed by atoms with Crippen LogP contribution in [-0.2, 0) is 29.5 Å². The van der Waals surface area contributed by atoms with Crippen molar-refractivity contribution >= 4 is 22.8 Å². The molecule has 6 nitrogen and oxygen atoms in total. The molecule has 1 aromatic heterocycles. The van der Waals surface area contributed by atoms with E-state index in [2.05, 4.69) is 5.32 Å². The second-order valence-corrected chi connectivity index (χ2v) is 7.09. The van der Waals surface area contributed by atoms with Crippen molar-refractivity contribution in [2.45, 2.75) is 25.3 Å². The maximum absolute atomic E-state index is 12.5. The Morgan fingerprint density at radius 3 is 2.89 bits per heavy atom. The van der Waals surface area contributed by atoms with Crippen LogP contribution in [0.3, 0.4) is 0 Å². The predicted molar refractivity (Wildman–Crippen MR) is 105 cm³/mol. The number of aromatic nitrogens is 1. The van der Waals surface area contributed by atoms with E-state index < -0.39 is 12.0 Å². The Balaban J connectivity index is 1.46. The van der Waals surface area contributed by atoms with Crippen LogP contribution in [0.15, 0.2) is 48.7 Å². The second-order valence-electron chi connectivity index (χ2n) is 7.09. The van der Waals surface area contributed by atoms with Crippen molar-refractivity contribution in [3.8, 4) is 5.75 Å². The fraction of sp³-hybridized carbons (Fsp3) is 0.273. The van der Waals surface area contributed by atoms with Gasteiger partial charge < -0.3 is 19.7 Å². The van der Waals surface area contributed by atoms with Crippen LogP contribution in [0.4, 0.5) is 0 Å². The molecule has 2 aromatic carbocycles. The zero-order chi connectivity index (χ0) is 19.7. The lowest BCUT2D eigenvalue weighted by Crippen LogP contribution is -2.33. The lowest BCUT2D eigenvalue weighted by atomic mass is 10.0. The normalized spacial score (nSPS) is 13.8. The van der Waals surface area contributed by atoms with Gasteiger partial charge in [-0.25, -0.2) is 4.79 Å². The number of para-hydroxylation sites is 1. The number of aryl methyl sites for hydroxylation is 2. The van der Waals surface area contributed by atoms with E-state index in [1.165, 1.54) is 0 Å². The van der Waals surface area contributed by atoms with Gasteiger partial charge in [0.1, 0.15) is 5.75 Å². The number of carboxylic acids is 1. The molecule has 1 unspecified atom stereocenters. The summed E-state index contributed by atoms with van der Waals surface area (Å²) in [6.45, 7) is 0.605. The van der Waals surface area contributed by atoms with Crippen molar-refractivity contribution in [2.24, 2.45) is 7.05 Å². The van der Waals surface area contributed by atoms with E-state index in [9.17, 15) is 14.7 Å². The minimum absolute atomic E-state index is 0.228. The van der Waals surface area contributed by atoms with Crippen molar-refractivity contribution in [1.82, 2.24) is 9.88 Å². The summed E-state index contributed by atoms with van der Waals surface area (Å²) < 4.78 is 7.50. The predicted octanol–water partition coefficient (Wildman–Crippen LogP) is 2.99. The van der Waals surface area contributed by atoms with Crippen LogP contribution >= 0.6 is 0 Å². The summed E-state index contributed by atoms with van der Waals surface area (Å²) in [6.07, 6.45) is 3.56. The zero-order valence-corrected chi connectivity index (χ0v) is 15.6. The van der Waals surface area contributed by atoms with E-state index in [0.29, 0.717) is 18.6 Å². The first-order chi connectivity index (χ1) is 13.5. The van der Waals surface area contributed by atoms with Crippen LogP contribution in [0.5, 0.6) is 5.75 Å². The fourth-order valence-electron chi connectivity index (χ4n) is 3.78. The number of nitrogens with one attached hydrogen (secondary N) is 1. The lowest BCUT2D eigenvalue weighted by molar-refractivity contribution is -0.142. The highest BCUT2D eigenvalue weighted by Crippen LogP contribution is 2.28. The topological polar surface area (TPSA) is 80.6 Å². The third-order valence-corrected chi connectivity index (χ3v) is 5.20. The van der Waals surface area contributed by atoms with E-state index in [1.807, 2.05) is 48.1 Å². The van der Waals surface area contributed by atoms with E-state index >= 15 is 0 Å². The second kappa shape index (κ2) is 7.38. The van der Waals surface area contributed by atoms with Crippen molar-refractivity contribution in [3.05, 3.63) is 65.4 Å². The van der Waals surface area contributed by atoms with Gasteiger partial charge in [0.05, 0.1) is 6.61 Å². The van der Waals surface area contributed by atoms with Crippen LogP contribution in [0.1, 0.15) is 29.2 Å². The molecule has 1 amide bonds. The number of fused-ring (bicyclic) bond motifs is 2. The average Bonchev–Trinajstić information content (AvgIpc) is 3.28.